The number of methoxy groups -OCH3 is 2. The molecule has 8 nitrogen and oxygen atoms in total. The van der Waals surface area contributed by atoms with Gasteiger partial charge in [-0.3, -0.25) is 14.9 Å². The van der Waals surface area contributed by atoms with Crippen molar-refractivity contribution in [3.8, 4) is 11.5 Å². The number of nitrogens with one attached hydrogen (secondary N) is 2. The maximum absolute atomic E-state index is 12.5. The van der Waals surface area contributed by atoms with Gasteiger partial charge in [-0.25, -0.2) is 0 Å². The normalized spacial score (nSPS) is 10.4. The van der Waals surface area contributed by atoms with Gasteiger partial charge < -0.3 is 14.8 Å². The average molecular weight is 491 g/mol. The highest BCUT2D eigenvalue weighted by atomic mass is 79.9. The molecule has 1 heterocycles. The molecule has 0 spiro atoms. The first kappa shape index (κ1) is 21.7. The highest BCUT2D eigenvalue weighted by molar-refractivity contribution is 9.10. The summed E-state index contributed by atoms with van der Waals surface area (Å²) >= 11 is 4.60. The Balaban J connectivity index is 1.55. The van der Waals surface area contributed by atoms with Crippen LogP contribution in [0.4, 0.5) is 5.13 Å². The Hall–Kier alpha value is -2.98. The van der Waals surface area contributed by atoms with Gasteiger partial charge in [-0.1, -0.05) is 33.3 Å². The number of aromatic nitrogens is 2. The van der Waals surface area contributed by atoms with E-state index in [2.05, 4.69) is 36.8 Å². The molecule has 2 amide bonds. The molecule has 0 saturated carbocycles. The van der Waals surface area contributed by atoms with E-state index in [1.807, 2.05) is 6.07 Å². The van der Waals surface area contributed by atoms with E-state index < -0.39 is 0 Å². The summed E-state index contributed by atoms with van der Waals surface area (Å²) < 4.78 is 11.2. The van der Waals surface area contributed by atoms with Crippen LogP contribution in [0.15, 0.2) is 46.9 Å². The van der Waals surface area contributed by atoms with Gasteiger partial charge in [0.1, 0.15) is 16.5 Å². The molecule has 0 aliphatic rings. The van der Waals surface area contributed by atoms with Gasteiger partial charge in [0.2, 0.25) is 5.13 Å². The Morgan fingerprint density at radius 2 is 1.73 bits per heavy atom. The summed E-state index contributed by atoms with van der Waals surface area (Å²) in [5.74, 6) is 0.511. The van der Waals surface area contributed by atoms with Crippen LogP contribution in [0.1, 0.15) is 25.7 Å². The predicted octanol–water partition coefficient (Wildman–Crippen LogP) is 3.54. The third-order valence-corrected chi connectivity index (χ3v) is 5.40. The molecule has 30 heavy (non-hydrogen) atoms. The maximum Gasteiger partial charge on any atom is 0.257 e. The standard InChI is InChI=1S/C20H19BrN4O4S/c1-28-15-9-13(10-16(11-15)29-2)19(27)23-20-25-24-17(30-20)6-7-22-18(26)12-4-3-5-14(21)8-12/h3-5,8-11H,6-7H2,1-2H3,(H,22,26)(H,23,25,27). The molecule has 0 bridgehead atoms. The van der Waals surface area contributed by atoms with Gasteiger partial charge in [0, 0.05) is 34.6 Å². The number of hydrogen-bond donors (Lipinski definition) is 2. The molecule has 2 N–H and O–H groups in total. The average Bonchev–Trinajstić information content (AvgIpc) is 3.20. The lowest BCUT2D eigenvalue weighted by molar-refractivity contribution is 0.0953. The number of carbonyl (C=O) groups is 2. The van der Waals surface area contributed by atoms with Crippen molar-refractivity contribution in [2.45, 2.75) is 6.42 Å². The van der Waals surface area contributed by atoms with Gasteiger partial charge in [0.05, 0.1) is 14.2 Å². The molecule has 2 aromatic carbocycles. The zero-order valence-electron chi connectivity index (χ0n) is 16.3. The molecule has 0 fully saturated rings. The van der Waals surface area contributed by atoms with Crippen molar-refractivity contribution in [3.05, 3.63) is 63.1 Å². The highest BCUT2D eigenvalue weighted by Crippen LogP contribution is 2.24. The van der Waals surface area contributed by atoms with Gasteiger partial charge in [-0.2, -0.15) is 0 Å². The van der Waals surface area contributed by atoms with Crippen LogP contribution < -0.4 is 20.1 Å². The molecule has 0 unspecified atom stereocenters. The molecule has 0 aliphatic carbocycles. The summed E-state index contributed by atoms with van der Waals surface area (Å²) in [4.78, 5) is 24.7. The Kier molecular flexibility index (Phi) is 7.36. The summed E-state index contributed by atoms with van der Waals surface area (Å²) in [6.07, 6.45) is 0.500. The molecule has 10 heteroatoms. The fourth-order valence-electron chi connectivity index (χ4n) is 2.53. The number of carbonyl (C=O) groups excluding carboxylic acids is 2. The van der Waals surface area contributed by atoms with Crippen molar-refractivity contribution < 1.29 is 19.1 Å². The molecule has 1 aromatic heterocycles. The van der Waals surface area contributed by atoms with Crippen LogP contribution in [-0.2, 0) is 6.42 Å². The minimum absolute atomic E-state index is 0.165. The number of hydrogen-bond acceptors (Lipinski definition) is 7. The fourth-order valence-corrected chi connectivity index (χ4v) is 3.66. The van der Waals surface area contributed by atoms with E-state index in [1.54, 1.807) is 36.4 Å². The van der Waals surface area contributed by atoms with E-state index >= 15 is 0 Å². The topological polar surface area (TPSA) is 102 Å². The van der Waals surface area contributed by atoms with Crippen LogP contribution >= 0.6 is 27.3 Å². The lowest BCUT2D eigenvalue weighted by Crippen LogP contribution is -2.25. The maximum atomic E-state index is 12.5. The van der Waals surface area contributed by atoms with Gasteiger partial charge >= 0.3 is 0 Å². The highest BCUT2D eigenvalue weighted by Gasteiger charge is 2.13. The van der Waals surface area contributed by atoms with E-state index in [0.717, 1.165) is 4.47 Å². The zero-order chi connectivity index (χ0) is 21.5. The number of benzene rings is 2. The summed E-state index contributed by atoms with van der Waals surface area (Å²) in [6, 6.07) is 12.1. The van der Waals surface area contributed by atoms with Crippen LogP contribution in [0.5, 0.6) is 11.5 Å². The van der Waals surface area contributed by atoms with Gasteiger partial charge in [-0.05, 0) is 30.3 Å². The zero-order valence-corrected chi connectivity index (χ0v) is 18.7. The van der Waals surface area contributed by atoms with Gasteiger partial charge in [0.25, 0.3) is 11.8 Å². The second-order valence-electron chi connectivity index (χ2n) is 6.07. The van der Waals surface area contributed by atoms with Crippen LogP contribution in [0.2, 0.25) is 0 Å². The van der Waals surface area contributed by atoms with Gasteiger partial charge in [0.15, 0.2) is 0 Å². The molecule has 0 aliphatic heterocycles. The lowest BCUT2D eigenvalue weighted by Gasteiger charge is -2.07. The van der Waals surface area contributed by atoms with Crippen molar-refractivity contribution >= 4 is 44.2 Å². The van der Waals surface area contributed by atoms with Crippen molar-refractivity contribution in [1.82, 2.24) is 15.5 Å². The number of rotatable bonds is 8. The Labute approximate surface area is 185 Å². The first-order valence-electron chi connectivity index (χ1n) is 8.89. The second kappa shape index (κ2) is 10.2. The van der Waals surface area contributed by atoms with E-state index in [0.29, 0.717) is 45.7 Å². The molecule has 0 saturated heterocycles. The quantitative estimate of drug-likeness (QED) is 0.500. The van der Waals surface area contributed by atoms with E-state index in [9.17, 15) is 9.59 Å². The Morgan fingerprint density at radius 1 is 1.00 bits per heavy atom. The first-order chi connectivity index (χ1) is 14.5. The number of anilines is 1. The van der Waals surface area contributed by atoms with Crippen LogP contribution in [-0.4, -0.2) is 42.8 Å². The minimum atomic E-state index is -0.349. The van der Waals surface area contributed by atoms with Crippen molar-refractivity contribution in [1.29, 1.82) is 0 Å². The Bertz CT molecular complexity index is 1030. The monoisotopic (exact) mass is 490 g/mol. The summed E-state index contributed by atoms with van der Waals surface area (Å²) in [7, 11) is 3.03. The number of ether oxygens (including phenoxy) is 2. The largest absolute Gasteiger partial charge is 0.497 e. The molecule has 0 atom stereocenters. The molecular formula is C20H19BrN4O4S. The van der Waals surface area contributed by atoms with Crippen molar-refractivity contribution in [3.63, 3.8) is 0 Å². The molecule has 0 radical (unpaired) electrons. The molecule has 3 rings (SSSR count). The smallest absolute Gasteiger partial charge is 0.257 e. The molecular weight excluding hydrogens is 472 g/mol. The predicted molar refractivity (Wildman–Crippen MR) is 118 cm³/mol. The van der Waals surface area contributed by atoms with Crippen LogP contribution in [0, 0.1) is 0 Å². The Morgan fingerprint density at radius 3 is 2.40 bits per heavy atom. The first-order valence-corrected chi connectivity index (χ1v) is 10.5. The summed E-state index contributed by atoms with van der Waals surface area (Å²) in [6.45, 7) is 0.404. The van der Waals surface area contributed by atoms with E-state index in [4.69, 9.17) is 9.47 Å². The third-order valence-electron chi connectivity index (χ3n) is 4.01. The lowest BCUT2D eigenvalue weighted by atomic mass is 10.2. The number of halogens is 1. The van der Waals surface area contributed by atoms with E-state index in [-0.39, 0.29) is 11.8 Å². The van der Waals surface area contributed by atoms with Crippen molar-refractivity contribution in [2.75, 3.05) is 26.1 Å². The minimum Gasteiger partial charge on any atom is -0.497 e. The molecule has 156 valence electrons. The number of nitrogens with zero attached hydrogens (tertiary/aromatic N) is 2. The number of amides is 2. The fraction of sp³-hybridized carbons (Fsp3) is 0.200. The van der Waals surface area contributed by atoms with E-state index in [1.165, 1.54) is 25.6 Å². The third kappa shape index (κ3) is 5.77. The van der Waals surface area contributed by atoms with Crippen molar-refractivity contribution in [2.24, 2.45) is 0 Å². The SMILES string of the molecule is COc1cc(OC)cc(C(=O)Nc2nnc(CCNC(=O)c3cccc(Br)c3)s2)c1. The summed E-state index contributed by atoms with van der Waals surface area (Å²) in [5, 5.41) is 14.7. The molecule has 3 aromatic rings. The van der Waals surface area contributed by atoms with Gasteiger partial charge in [-0.15, -0.1) is 10.2 Å². The summed E-state index contributed by atoms with van der Waals surface area (Å²) in [5.41, 5.74) is 0.951. The van der Waals surface area contributed by atoms with Crippen LogP contribution in [0.3, 0.4) is 0 Å². The second-order valence-corrected chi connectivity index (χ2v) is 8.05. The van der Waals surface area contributed by atoms with Crippen LogP contribution in [0.25, 0.3) is 0 Å².